The maximum atomic E-state index is 11.6. The zero-order valence-corrected chi connectivity index (χ0v) is 9.56. The van der Waals surface area contributed by atoms with E-state index in [2.05, 4.69) is 0 Å². The first kappa shape index (κ1) is 12.3. The van der Waals surface area contributed by atoms with E-state index in [1.54, 1.807) is 26.3 Å². The van der Waals surface area contributed by atoms with Crippen molar-refractivity contribution >= 4 is 11.9 Å². The summed E-state index contributed by atoms with van der Waals surface area (Å²) in [6, 6.07) is 1.77. The van der Waals surface area contributed by atoms with Crippen LogP contribution in [-0.2, 0) is 16.1 Å². The molecule has 0 spiro atoms. The van der Waals surface area contributed by atoms with Gasteiger partial charge in [-0.1, -0.05) is 0 Å². The standard InChI is InChI=1S/C11H15NO4/c1-7(11(14)15)10(13)12(3)6-9-4-5-16-8(9)2/h4-5,7H,6H2,1-3H3,(H,14,15). The summed E-state index contributed by atoms with van der Waals surface area (Å²) in [5, 5.41) is 8.72. The summed E-state index contributed by atoms with van der Waals surface area (Å²) in [6.07, 6.45) is 1.55. The average molecular weight is 225 g/mol. The number of hydrogen-bond donors (Lipinski definition) is 1. The SMILES string of the molecule is Cc1occc1CN(C)C(=O)C(C)C(=O)O. The molecule has 0 saturated carbocycles. The summed E-state index contributed by atoms with van der Waals surface area (Å²) in [6.45, 7) is 3.54. The maximum absolute atomic E-state index is 11.6. The fraction of sp³-hybridized carbons (Fsp3) is 0.455. The molecule has 1 N–H and O–H groups in total. The number of carboxylic acids is 1. The number of carbonyl (C=O) groups is 2. The predicted molar refractivity (Wildman–Crippen MR) is 56.7 cm³/mol. The number of nitrogens with zero attached hydrogens (tertiary/aromatic N) is 1. The molecular weight excluding hydrogens is 210 g/mol. The summed E-state index contributed by atoms with van der Waals surface area (Å²) < 4.78 is 5.10. The Labute approximate surface area is 93.7 Å². The highest BCUT2D eigenvalue weighted by atomic mass is 16.4. The third-order valence-corrected chi connectivity index (χ3v) is 2.49. The van der Waals surface area contributed by atoms with E-state index in [0.29, 0.717) is 6.54 Å². The Morgan fingerprint density at radius 1 is 1.56 bits per heavy atom. The third-order valence-electron chi connectivity index (χ3n) is 2.49. The largest absolute Gasteiger partial charge is 0.481 e. The minimum atomic E-state index is -1.11. The van der Waals surface area contributed by atoms with Gasteiger partial charge in [0.1, 0.15) is 11.7 Å². The van der Waals surface area contributed by atoms with E-state index in [9.17, 15) is 9.59 Å². The van der Waals surface area contributed by atoms with Crippen LogP contribution in [0.2, 0.25) is 0 Å². The van der Waals surface area contributed by atoms with Gasteiger partial charge in [-0.2, -0.15) is 0 Å². The zero-order chi connectivity index (χ0) is 12.3. The molecule has 1 heterocycles. The first-order chi connectivity index (χ1) is 7.43. The van der Waals surface area contributed by atoms with Gasteiger partial charge in [0.2, 0.25) is 5.91 Å². The van der Waals surface area contributed by atoms with Crippen LogP contribution in [0.3, 0.4) is 0 Å². The summed E-state index contributed by atoms with van der Waals surface area (Å²) in [7, 11) is 1.58. The lowest BCUT2D eigenvalue weighted by molar-refractivity contribution is -0.149. The Hall–Kier alpha value is -1.78. The van der Waals surface area contributed by atoms with Crippen LogP contribution in [-0.4, -0.2) is 28.9 Å². The molecular formula is C11H15NO4. The molecule has 1 aromatic heterocycles. The molecule has 1 amide bonds. The monoisotopic (exact) mass is 225 g/mol. The molecule has 0 saturated heterocycles. The number of carboxylic acid groups (broad SMARTS) is 1. The van der Waals surface area contributed by atoms with Gasteiger partial charge < -0.3 is 14.4 Å². The number of amides is 1. The highest BCUT2D eigenvalue weighted by Crippen LogP contribution is 2.12. The third kappa shape index (κ3) is 2.62. The second kappa shape index (κ2) is 4.83. The molecule has 1 unspecified atom stereocenters. The van der Waals surface area contributed by atoms with Gasteiger partial charge in [0.15, 0.2) is 0 Å². The maximum Gasteiger partial charge on any atom is 0.315 e. The molecule has 1 aromatic rings. The number of carbonyl (C=O) groups excluding carboxylic acids is 1. The Morgan fingerprint density at radius 3 is 2.62 bits per heavy atom. The van der Waals surface area contributed by atoms with Gasteiger partial charge in [0.25, 0.3) is 0 Å². The van der Waals surface area contributed by atoms with E-state index in [1.165, 1.54) is 11.8 Å². The lowest BCUT2D eigenvalue weighted by Crippen LogP contribution is -2.34. The number of hydrogen-bond acceptors (Lipinski definition) is 3. The van der Waals surface area contributed by atoms with Crippen LogP contribution >= 0.6 is 0 Å². The van der Waals surface area contributed by atoms with Crippen molar-refractivity contribution in [1.82, 2.24) is 4.90 Å². The van der Waals surface area contributed by atoms with Gasteiger partial charge in [0, 0.05) is 19.2 Å². The smallest absolute Gasteiger partial charge is 0.315 e. The topological polar surface area (TPSA) is 70.8 Å². The van der Waals surface area contributed by atoms with E-state index >= 15 is 0 Å². The molecule has 88 valence electrons. The molecule has 0 aromatic carbocycles. The minimum absolute atomic E-state index is 0.360. The van der Waals surface area contributed by atoms with Crippen LogP contribution < -0.4 is 0 Å². The molecule has 16 heavy (non-hydrogen) atoms. The van der Waals surface area contributed by atoms with E-state index in [4.69, 9.17) is 9.52 Å². The van der Waals surface area contributed by atoms with Gasteiger partial charge in [-0.05, 0) is 19.9 Å². The second-order valence-electron chi connectivity index (χ2n) is 3.76. The van der Waals surface area contributed by atoms with Crippen molar-refractivity contribution in [3.8, 4) is 0 Å². The van der Waals surface area contributed by atoms with Gasteiger partial charge >= 0.3 is 5.97 Å². The van der Waals surface area contributed by atoms with Crippen molar-refractivity contribution in [3.63, 3.8) is 0 Å². The molecule has 0 radical (unpaired) electrons. The quantitative estimate of drug-likeness (QED) is 0.783. The molecule has 5 nitrogen and oxygen atoms in total. The second-order valence-corrected chi connectivity index (χ2v) is 3.76. The zero-order valence-electron chi connectivity index (χ0n) is 9.56. The Morgan fingerprint density at radius 2 is 2.19 bits per heavy atom. The van der Waals surface area contributed by atoms with Crippen LogP contribution in [0.4, 0.5) is 0 Å². The van der Waals surface area contributed by atoms with Crippen LogP contribution in [0.25, 0.3) is 0 Å². The fourth-order valence-electron chi connectivity index (χ4n) is 1.34. The fourth-order valence-corrected chi connectivity index (χ4v) is 1.34. The first-order valence-corrected chi connectivity index (χ1v) is 4.94. The number of rotatable bonds is 4. The van der Waals surface area contributed by atoms with Crippen molar-refractivity contribution in [2.45, 2.75) is 20.4 Å². The minimum Gasteiger partial charge on any atom is -0.481 e. The van der Waals surface area contributed by atoms with Gasteiger partial charge in [0.05, 0.1) is 6.26 Å². The van der Waals surface area contributed by atoms with E-state index in [-0.39, 0.29) is 0 Å². The van der Waals surface area contributed by atoms with Crippen molar-refractivity contribution in [3.05, 3.63) is 23.7 Å². The van der Waals surface area contributed by atoms with E-state index in [1.807, 2.05) is 0 Å². The molecule has 1 atom stereocenters. The van der Waals surface area contributed by atoms with Crippen molar-refractivity contribution in [2.24, 2.45) is 5.92 Å². The van der Waals surface area contributed by atoms with Crippen LogP contribution in [0, 0.1) is 12.8 Å². The van der Waals surface area contributed by atoms with Crippen molar-refractivity contribution in [2.75, 3.05) is 7.05 Å². The summed E-state index contributed by atoms with van der Waals surface area (Å²) >= 11 is 0. The summed E-state index contributed by atoms with van der Waals surface area (Å²) in [4.78, 5) is 23.7. The van der Waals surface area contributed by atoms with Gasteiger partial charge in [-0.25, -0.2) is 0 Å². The van der Waals surface area contributed by atoms with Crippen LogP contribution in [0.5, 0.6) is 0 Å². The molecule has 0 fully saturated rings. The summed E-state index contributed by atoms with van der Waals surface area (Å²) in [5.74, 6) is -1.80. The van der Waals surface area contributed by atoms with Gasteiger partial charge in [-0.15, -0.1) is 0 Å². The highest BCUT2D eigenvalue weighted by molar-refractivity contribution is 5.96. The highest BCUT2D eigenvalue weighted by Gasteiger charge is 2.24. The van der Waals surface area contributed by atoms with Gasteiger partial charge in [-0.3, -0.25) is 9.59 Å². The Bertz CT molecular complexity index is 396. The Kier molecular flexibility index (Phi) is 3.71. The average Bonchev–Trinajstić information content (AvgIpc) is 2.62. The normalized spacial score (nSPS) is 12.2. The number of aliphatic carboxylic acids is 1. The number of aryl methyl sites for hydroxylation is 1. The molecule has 1 rings (SSSR count). The molecule has 0 aliphatic heterocycles. The molecule has 0 aliphatic carbocycles. The molecule has 0 aliphatic rings. The Balaban J connectivity index is 2.66. The lowest BCUT2D eigenvalue weighted by Gasteiger charge is -2.18. The van der Waals surface area contributed by atoms with Crippen molar-refractivity contribution < 1.29 is 19.1 Å². The lowest BCUT2D eigenvalue weighted by atomic mass is 10.1. The molecule has 0 bridgehead atoms. The van der Waals surface area contributed by atoms with Crippen LogP contribution in [0.15, 0.2) is 16.7 Å². The van der Waals surface area contributed by atoms with E-state index in [0.717, 1.165) is 11.3 Å². The molecule has 5 heteroatoms. The van der Waals surface area contributed by atoms with Crippen molar-refractivity contribution in [1.29, 1.82) is 0 Å². The predicted octanol–water partition coefficient (Wildman–Crippen LogP) is 1.27. The van der Waals surface area contributed by atoms with Crippen LogP contribution in [0.1, 0.15) is 18.2 Å². The summed E-state index contributed by atoms with van der Waals surface area (Å²) in [5.41, 5.74) is 0.883. The number of furan rings is 1. The first-order valence-electron chi connectivity index (χ1n) is 4.94. The van der Waals surface area contributed by atoms with E-state index < -0.39 is 17.8 Å².